The van der Waals surface area contributed by atoms with Crippen molar-refractivity contribution in [3.05, 3.63) is 0 Å². The van der Waals surface area contributed by atoms with Crippen molar-refractivity contribution in [3.8, 4) is 0 Å². The maximum atomic E-state index is 10.2. The third-order valence-electron chi connectivity index (χ3n) is 4.15. The maximum Gasteiger partial charge on any atom is 2.00 e. The summed E-state index contributed by atoms with van der Waals surface area (Å²) in [5.41, 5.74) is 0. The number of hydrogen-bond donors (Lipinski definition) is 0. The Balaban J connectivity index is -0.000000298. The third-order valence-corrected chi connectivity index (χ3v) is 5.48. The molecule has 0 aromatic rings. The second-order valence-electron chi connectivity index (χ2n) is 6.68. The molecule has 164 valence electrons. The Labute approximate surface area is 217 Å². The second-order valence-corrected chi connectivity index (χ2v) is 9.95. The molecule has 0 saturated heterocycles. The zero-order valence-electron chi connectivity index (χ0n) is 18.2. The van der Waals surface area contributed by atoms with Gasteiger partial charge in [0.1, 0.15) is 0 Å². The molecule has 0 radical (unpaired) electrons. The number of unbranched alkanes of at least 4 members (excludes halogenated alkanes) is 14. The molecule has 0 N–H and O–H groups in total. The van der Waals surface area contributed by atoms with E-state index in [2.05, 4.69) is 6.92 Å². The van der Waals surface area contributed by atoms with Crippen LogP contribution in [0.4, 0.5) is 0 Å². The largest absolute Gasteiger partial charge is 2.00 e. The first-order valence-corrected chi connectivity index (χ1v) is 13.0. The Hall–Kier alpha value is 1.26. The van der Waals surface area contributed by atoms with E-state index in [0.29, 0.717) is 0 Å². The van der Waals surface area contributed by atoms with Crippen molar-refractivity contribution in [3.63, 3.8) is 0 Å². The van der Waals surface area contributed by atoms with Gasteiger partial charge in [-0.2, -0.15) is 0 Å². The topological polar surface area (TPSA) is 137 Å². The molecule has 0 aromatic carbocycles. The molecule has 0 amide bonds. The summed E-state index contributed by atoms with van der Waals surface area (Å²) >= 11 is 0. The third kappa shape index (κ3) is 36.9. The molecule has 0 fully saturated rings. The van der Waals surface area contributed by atoms with Gasteiger partial charge in [-0.15, -0.1) is 0 Å². The molecule has 1 unspecified atom stereocenters. The monoisotopic (exact) mass is 474 g/mol. The summed E-state index contributed by atoms with van der Waals surface area (Å²) in [4.78, 5) is 10.2. The minimum atomic E-state index is -5.07. The van der Waals surface area contributed by atoms with Crippen LogP contribution in [0, 0.1) is 0 Å². The van der Waals surface area contributed by atoms with E-state index in [1.165, 1.54) is 83.5 Å². The Morgan fingerprint density at radius 1 is 0.759 bits per heavy atom. The number of carbonyl (C=O) groups excluding carboxylic acids is 1. The van der Waals surface area contributed by atoms with Crippen LogP contribution in [0.2, 0.25) is 0 Å². The fourth-order valence-corrected chi connectivity index (χ4v) is 2.64. The quantitative estimate of drug-likeness (QED) is 0.0946. The summed E-state index contributed by atoms with van der Waals surface area (Å²) in [5, 5.41) is 10.2. The first-order chi connectivity index (χ1) is 12.7. The molecule has 0 aromatic heterocycles. The van der Waals surface area contributed by atoms with Gasteiger partial charge in [0, 0.05) is 5.97 Å². The number of rotatable bonds is 17. The van der Waals surface area contributed by atoms with E-state index in [1.54, 1.807) is 0 Å². The number of carboxylic acid groups (broad SMARTS) is 1. The minimum absolute atomic E-state index is 0. The fraction of sp³-hybridized carbons (Fsp3) is 0.944. The number of carboxylic acids is 1. The van der Waals surface area contributed by atoms with E-state index in [9.17, 15) is 9.90 Å². The van der Waals surface area contributed by atoms with Crippen LogP contribution in [-0.4, -0.2) is 50.8 Å². The minimum Gasteiger partial charge on any atom is -0.761 e. The van der Waals surface area contributed by atoms with E-state index in [1.807, 2.05) is 0 Å². The van der Waals surface area contributed by atoms with Gasteiger partial charge in [0.15, 0.2) is 9.15 Å². The van der Waals surface area contributed by atoms with Gasteiger partial charge in [0.25, 0.3) is 0 Å². The Morgan fingerprint density at radius 2 is 1.00 bits per heavy atom. The molecule has 0 saturated carbocycles. The SMILES string of the molecule is CCCCCCCCCCCCCCCCCC(=O)[O-].O=S([O-])S(=O)(=O)[O-].[Mg+2].[Na+]. The molecular weight excluding hydrogens is 440 g/mol. The molecular formula is C18H35MgNaO7S2. The predicted octanol–water partition coefficient (Wildman–Crippen LogP) is -0.0533. The van der Waals surface area contributed by atoms with Crippen LogP contribution in [0.3, 0.4) is 0 Å². The first kappa shape index (κ1) is 37.6. The molecule has 0 aliphatic heterocycles. The normalized spacial score (nSPS) is 11.4. The van der Waals surface area contributed by atoms with Crippen molar-refractivity contribution < 1.29 is 61.2 Å². The van der Waals surface area contributed by atoms with Crippen molar-refractivity contribution in [2.45, 2.75) is 110 Å². The summed E-state index contributed by atoms with van der Waals surface area (Å²) in [6.45, 7) is 2.27. The second kappa shape index (κ2) is 27.3. The first-order valence-electron chi connectivity index (χ1n) is 9.97. The van der Waals surface area contributed by atoms with E-state index >= 15 is 0 Å². The standard InChI is InChI=1S/C18H36O2.Mg.Na.H2O5S2/c1-2-3-4-5-6-7-8-9-10-11-12-13-14-15-16-17-18(19)20;;;1-6(2)7(3,4)5/h2-17H2,1H3,(H,19,20);;;(H,1,2)(H,3,4,5)/q;+2;+1;/p-3. The van der Waals surface area contributed by atoms with E-state index in [0.717, 1.165) is 12.8 Å². The molecule has 0 aliphatic carbocycles. The van der Waals surface area contributed by atoms with Gasteiger partial charge in [0.2, 0.25) is 0 Å². The van der Waals surface area contributed by atoms with Crippen molar-refractivity contribution in [2.75, 3.05) is 0 Å². The Kier molecular flexibility index (Phi) is 35.4. The Bertz CT molecular complexity index is 477. The van der Waals surface area contributed by atoms with Gasteiger partial charge < -0.3 is 19.0 Å². The van der Waals surface area contributed by atoms with Crippen LogP contribution in [0.1, 0.15) is 110 Å². The summed E-state index contributed by atoms with van der Waals surface area (Å²) < 4.78 is 45.7. The number of carbonyl (C=O) groups is 1. The van der Waals surface area contributed by atoms with Gasteiger partial charge in [-0.05, 0) is 12.8 Å². The molecule has 0 heterocycles. The van der Waals surface area contributed by atoms with Crippen LogP contribution in [0.5, 0.6) is 0 Å². The molecule has 1 atom stereocenters. The molecule has 0 aliphatic rings. The zero-order valence-corrected chi connectivity index (χ0v) is 23.2. The van der Waals surface area contributed by atoms with Crippen LogP contribution < -0.4 is 34.7 Å². The molecule has 0 bridgehead atoms. The van der Waals surface area contributed by atoms with Gasteiger partial charge in [0.05, 0.1) is 10.1 Å². The van der Waals surface area contributed by atoms with Crippen molar-refractivity contribution >= 4 is 48.3 Å². The molecule has 29 heavy (non-hydrogen) atoms. The summed E-state index contributed by atoms with van der Waals surface area (Å²) in [6, 6.07) is 0. The molecule has 11 heteroatoms. The van der Waals surface area contributed by atoms with E-state index in [4.69, 9.17) is 21.7 Å². The summed E-state index contributed by atoms with van der Waals surface area (Å²) in [7, 11) is -8.59. The fourth-order valence-electron chi connectivity index (χ4n) is 2.64. The summed E-state index contributed by atoms with van der Waals surface area (Å²) in [6.07, 6.45) is 19.9. The van der Waals surface area contributed by atoms with Crippen molar-refractivity contribution in [1.29, 1.82) is 0 Å². The number of aliphatic carboxylic acids is 1. The van der Waals surface area contributed by atoms with Gasteiger partial charge in [-0.25, -0.2) is 8.42 Å². The van der Waals surface area contributed by atoms with E-state index in [-0.39, 0.29) is 59.0 Å². The predicted molar refractivity (Wildman–Crippen MR) is 109 cm³/mol. The molecule has 0 spiro atoms. The van der Waals surface area contributed by atoms with Gasteiger partial charge >= 0.3 is 52.6 Å². The zero-order chi connectivity index (χ0) is 21.0. The smallest absolute Gasteiger partial charge is 0.761 e. The summed E-state index contributed by atoms with van der Waals surface area (Å²) in [5.74, 6) is -0.903. The van der Waals surface area contributed by atoms with Crippen LogP contribution in [-0.2, 0) is 24.1 Å². The van der Waals surface area contributed by atoms with Crippen molar-refractivity contribution in [1.82, 2.24) is 0 Å². The van der Waals surface area contributed by atoms with Crippen molar-refractivity contribution in [2.24, 2.45) is 0 Å². The van der Waals surface area contributed by atoms with Crippen LogP contribution >= 0.6 is 0 Å². The average molecular weight is 475 g/mol. The van der Waals surface area contributed by atoms with E-state index < -0.39 is 25.2 Å². The van der Waals surface area contributed by atoms with Crippen LogP contribution in [0.25, 0.3) is 0 Å². The number of hydrogen-bond acceptors (Lipinski definition) is 7. The average Bonchev–Trinajstić information content (AvgIpc) is 2.57. The Morgan fingerprint density at radius 3 is 1.21 bits per heavy atom. The van der Waals surface area contributed by atoms with Gasteiger partial charge in [-0.1, -0.05) is 96.8 Å². The molecule has 0 rings (SSSR count). The van der Waals surface area contributed by atoms with Gasteiger partial charge in [-0.3, -0.25) is 4.21 Å². The molecule has 7 nitrogen and oxygen atoms in total. The maximum absolute atomic E-state index is 10.2. The van der Waals surface area contributed by atoms with Crippen LogP contribution in [0.15, 0.2) is 0 Å².